The Hall–Kier alpha value is -3.94. The lowest BCUT2D eigenvalue weighted by molar-refractivity contribution is -0.262. The van der Waals surface area contributed by atoms with Gasteiger partial charge in [-0.05, 0) is 67.8 Å². The number of benzene rings is 3. The second-order valence-electron chi connectivity index (χ2n) is 10.8. The Bertz CT molecular complexity index is 1720. The number of nitrogens with one attached hydrogen (secondary N) is 1. The molecule has 0 amide bonds. The number of halogens is 3. The molecule has 1 heterocycles. The van der Waals surface area contributed by atoms with Crippen LogP contribution in [0.15, 0.2) is 71.8 Å². The summed E-state index contributed by atoms with van der Waals surface area (Å²) in [7, 11) is -4.57. The molecule has 9 nitrogen and oxygen atoms in total. The molecule has 1 unspecified atom stereocenters. The largest absolute Gasteiger partial charge is 0.462 e. The Morgan fingerprint density at radius 2 is 1.74 bits per heavy atom. The van der Waals surface area contributed by atoms with Crippen molar-refractivity contribution in [2.24, 2.45) is 5.92 Å². The number of rotatable bonds is 11. The standard InChI is InChI=1S/C30H32F3N3O6S/c1-19(2)16-41-28(37)22-6-5-7-23(14-22)36-27-13-21(4)12-26(25(27)15-35-36)34-17-29(38,30(31,32)33)18-42-43(39,40)24-10-8-20(3)9-11-24/h5-15,19,34,38H,16-18H2,1-4H3. The van der Waals surface area contributed by atoms with Crippen molar-refractivity contribution < 1.29 is 40.4 Å². The maximum Gasteiger partial charge on any atom is 0.421 e. The van der Waals surface area contributed by atoms with Crippen LogP contribution in [0.4, 0.5) is 18.9 Å². The Morgan fingerprint density at radius 3 is 2.40 bits per heavy atom. The topological polar surface area (TPSA) is 120 Å². The van der Waals surface area contributed by atoms with Crippen molar-refractivity contribution in [1.82, 2.24) is 9.78 Å². The van der Waals surface area contributed by atoms with E-state index in [4.69, 9.17) is 4.74 Å². The van der Waals surface area contributed by atoms with Crippen LogP contribution in [0.5, 0.6) is 0 Å². The number of anilines is 1. The molecule has 1 aromatic heterocycles. The van der Waals surface area contributed by atoms with E-state index in [-0.39, 0.29) is 23.1 Å². The zero-order valence-corrected chi connectivity index (χ0v) is 24.8. The summed E-state index contributed by atoms with van der Waals surface area (Å²) >= 11 is 0. The van der Waals surface area contributed by atoms with Gasteiger partial charge in [-0.15, -0.1) is 0 Å². The molecule has 1 atom stereocenters. The van der Waals surface area contributed by atoms with E-state index < -0.39 is 41.0 Å². The Labute approximate surface area is 247 Å². The first-order valence-corrected chi connectivity index (χ1v) is 14.8. The fraction of sp³-hybridized carbons (Fsp3) is 0.333. The van der Waals surface area contributed by atoms with Crippen molar-refractivity contribution in [2.45, 2.75) is 44.4 Å². The molecule has 0 saturated heterocycles. The van der Waals surface area contributed by atoms with Crippen molar-refractivity contribution in [3.63, 3.8) is 0 Å². The minimum atomic E-state index is -5.24. The number of carbonyl (C=O) groups excluding carboxylic acids is 1. The summed E-state index contributed by atoms with van der Waals surface area (Å²) in [5.41, 5.74) is -0.573. The van der Waals surface area contributed by atoms with E-state index in [0.29, 0.717) is 27.7 Å². The second-order valence-corrected chi connectivity index (χ2v) is 12.4. The molecule has 3 aromatic carbocycles. The van der Waals surface area contributed by atoms with E-state index in [1.807, 2.05) is 13.8 Å². The van der Waals surface area contributed by atoms with Gasteiger partial charge in [0.25, 0.3) is 10.1 Å². The summed E-state index contributed by atoms with van der Waals surface area (Å²) < 4.78 is 78.7. The van der Waals surface area contributed by atoms with Gasteiger partial charge in [-0.1, -0.05) is 37.6 Å². The molecular weight excluding hydrogens is 587 g/mol. The van der Waals surface area contributed by atoms with Gasteiger partial charge in [0.1, 0.15) is 6.61 Å². The predicted molar refractivity (Wildman–Crippen MR) is 155 cm³/mol. The highest BCUT2D eigenvalue weighted by molar-refractivity contribution is 7.86. The molecule has 0 radical (unpaired) electrons. The number of aliphatic hydroxyl groups is 1. The van der Waals surface area contributed by atoms with Gasteiger partial charge in [-0.3, -0.25) is 4.18 Å². The summed E-state index contributed by atoms with van der Waals surface area (Å²) in [4.78, 5) is 12.2. The number of alkyl halides is 3. The van der Waals surface area contributed by atoms with Crippen molar-refractivity contribution >= 4 is 32.7 Å². The lowest BCUT2D eigenvalue weighted by Gasteiger charge is -2.30. The molecule has 0 spiro atoms. The molecule has 0 aliphatic heterocycles. The third-order valence-corrected chi connectivity index (χ3v) is 7.85. The van der Waals surface area contributed by atoms with Crippen molar-refractivity contribution in [3.05, 3.63) is 83.6 Å². The summed E-state index contributed by atoms with van der Waals surface area (Å²) in [6.07, 6.45) is -3.80. The number of fused-ring (bicyclic) bond motifs is 1. The van der Waals surface area contributed by atoms with Gasteiger partial charge in [-0.25, -0.2) is 9.48 Å². The number of esters is 1. The molecule has 0 aliphatic rings. The summed E-state index contributed by atoms with van der Waals surface area (Å²) in [5.74, 6) is -0.334. The highest BCUT2D eigenvalue weighted by atomic mass is 32.2. The number of aromatic nitrogens is 2. The van der Waals surface area contributed by atoms with E-state index in [1.54, 1.807) is 50.2 Å². The fourth-order valence-corrected chi connectivity index (χ4v) is 5.09. The third kappa shape index (κ3) is 7.35. The van der Waals surface area contributed by atoms with Crippen molar-refractivity contribution in [1.29, 1.82) is 0 Å². The first kappa shape index (κ1) is 32.0. The number of aryl methyl sites for hydroxylation is 2. The Morgan fingerprint density at radius 1 is 1.05 bits per heavy atom. The second kappa shape index (κ2) is 12.3. The zero-order valence-electron chi connectivity index (χ0n) is 24.0. The smallest absolute Gasteiger partial charge is 0.421 e. The summed E-state index contributed by atoms with van der Waals surface area (Å²) in [6, 6.07) is 15.3. The number of hydrogen-bond acceptors (Lipinski definition) is 8. The van der Waals surface area contributed by atoms with Gasteiger partial charge in [0.2, 0.25) is 5.60 Å². The normalized spacial score (nSPS) is 13.7. The van der Waals surface area contributed by atoms with Gasteiger partial charge in [-0.2, -0.15) is 26.7 Å². The SMILES string of the molecule is Cc1ccc(S(=O)(=O)OCC(O)(CNc2cc(C)cc3c2cnn3-c2cccc(C(=O)OCC(C)C)c2)C(F)(F)F)cc1. The van der Waals surface area contributed by atoms with E-state index >= 15 is 0 Å². The van der Waals surface area contributed by atoms with Crippen molar-refractivity contribution in [3.8, 4) is 5.69 Å². The average molecular weight is 620 g/mol. The van der Waals surface area contributed by atoms with Crippen LogP contribution in [-0.4, -0.2) is 60.8 Å². The molecule has 230 valence electrons. The Balaban J connectivity index is 1.59. The number of ether oxygens (including phenoxy) is 1. The number of nitrogens with zero attached hydrogens (tertiary/aromatic N) is 2. The van der Waals surface area contributed by atoms with Crippen LogP contribution in [0, 0.1) is 19.8 Å². The number of carbonyl (C=O) groups is 1. The van der Waals surface area contributed by atoms with E-state index in [1.165, 1.54) is 35.1 Å². The van der Waals surface area contributed by atoms with Gasteiger partial charge in [0, 0.05) is 11.1 Å². The van der Waals surface area contributed by atoms with Crippen LogP contribution in [0.3, 0.4) is 0 Å². The molecule has 0 bridgehead atoms. The van der Waals surface area contributed by atoms with Crippen molar-refractivity contribution in [2.75, 3.05) is 25.1 Å². The van der Waals surface area contributed by atoms with E-state index in [2.05, 4.69) is 14.6 Å². The predicted octanol–water partition coefficient (Wildman–Crippen LogP) is 5.57. The highest BCUT2D eigenvalue weighted by Gasteiger charge is 2.55. The molecule has 0 saturated carbocycles. The molecule has 0 fully saturated rings. The lowest BCUT2D eigenvalue weighted by atomic mass is 10.0. The third-order valence-electron chi connectivity index (χ3n) is 6.57. The maximum atomic E-state index is 14.0. The van der Waals surface area contributed by atoms with Crippen LogP contribution in [0.1, 0.15) is 35.3 Å². The molecular formula is C30H32F3N3O6S. The minimum Gasteiger partial charge on any atom is -0.462 e. The van der Waals surface area contributed by atoms with Gasteiger partial charge >= 0.3 is 12.1 Å². The van der Waals surface area contributed by atoms with Crippen LogP contribution in [0.2, 0.25) is 0 Å². The molecule has 43 heavy (non-hydrogen) atoms. The average Bonchev–Trinajstić information content (AvgIpc) is 3.37. The minimum absolute atomic E-state index is 0.162. The zero-order chi connectivity index (χ0) is 31.6. The summed E-state index contributed by atoms with van der Waals surface area (Å²) in [6.45, 7) is 4.88. The van der Waals surface area contributed by atoms with Gasteiger partial charge in [0.05, 0.1) is 41.0 Å². The van der Waals surface area contributed by atoms with Gasteiger partial charge in [0.15, 0.2) is 0 Å². The van der Waals surface area contributed by atoms with Crippen LogP contribution < -0.4 is 5.32 Å². The van der Waals surface area contributed by atoms with Gasteiger partial charge < -0.3 is 15.2 Å². The fourth-order valence-electron chi connectivity index (χ4n) is 4.13. The van der Waals surface area contributed by atoms with Crippen LogP contribution in [-0.2, 0) is 19.0 Å². The molecule has 4 aromatic rings. The maximum absolute atomic E-state index is 14.0. The quantitative estimate of drug-likeness (QED) is 0.165. The summed E-state index contributed by atoms with van der Waals surface area (Å²) in [5, 5.41) is 18.0. The van der Waals surface area contributed by atoms with Crippen LogP contribution >= 0.6 is 0 Å². The monoisotopic (exact) mass is 619 g/mol. The molecule has 4 rings (SSSR count). The molecule has 13 heteroatoms. The first-order chi connectivity index (χ1) is 20.1. The highest BCUT2D eigenvalue weighted by Crippen LogP contribution is 2.34. The molecule has 0 aliphatic carbocycles. The van der Waals surface area contributed by atoms with E-state index in [0.717, 1.165) is 5.56 Å². The number of hydrogen-bond donors (Lipinski definition) is 2. The molecule has 2 N–H and O–H groups in total. The van der Waals surface area contributed by atoms with Crippen LogP contribution in [0.25, 0.3) is 16.6 Å². The first-order valence-electron chi connectivity index (χ1n) is 13.3. The van der Waals surface area contributed by atoms with E-state index in [9.17, 15) is 31.5 Å². The lowest BCUT2D eigenvalue weighted by Crippen LogP contribution is -2.54. The Kier molecular flexibility index (Phi) is 9.19.